The smallest absolute Gasteiger partial charge is 0.340 e. The lowest BCUT2D eigenvalue weighted by atomic mass is 10.1. The van der Waals surface area contributed by atoms with E-state index in [4.69, 9.17) is 0 Å². The average Bonchev–Trinajstić information content (AvgIpc) is 2.74. The molecule has 1 saturated heterocycles. The molecular formula is C12H13F2NO4S. The first-order valence-corrected chi connectivity index (χ1v) is 7.69. The van der Waals surface area contributed by atoms with Crippen molar-refractivity contribution in [3.63, 3.8) is 0 Å². The molecule has 20 heavy (non-hydrogen) atoms. The van der Waals surface area contributed by atoms with E-state index in [2.05, 4.69) is 10.1 Å². The molecule has 0 amide bonds. The van der Waals surface area contributed by atoms with Crippen LogP contribution in [0.15, 0.2) is 12.1 Å². The highest BCUT2D eigenvalue weighted by atomic mass is 32.2. The molecule has 1 aliphatic heterocycles. The van der Waals surface area contributed by atoms with Crippen molar-refractivity contribution in [3.05, 3.63) is 29.3 Å². The van der Waals surface area contributed by atoms with Gasteiger partial charge in [-0.3, -0.25) is 0 Å². The van der Waals surface area contributed by atoms with E-state index in [0.29, 0.717) is 6.42 Å². The van der Waals surface area contributed by atoms with Gasteiger partial charge in [0.15, 0.2) is 21.5 Å². The standard InChI is InChI=1S/C12H13F2NO4S/c1-19-12(16)8-2-3-9(11(14)10(8)13)15-7-4-5-20(17,18)6-7/h2-3,7,15H,4-6H2,1H3. The highest BCUT2D eigenvalue weighted by Gasteiger charge is 2.29. The molecule has 1 heterocycles. The fourth-order valence-corrected chi connectivity index (χ4v) is 3.73. The zero-order valence-corrected chi connectivity index (χ0v) is 11.5. The number of methoxy groups -OCH3 is 1. The fraction of sp³-hybridized carbons (Fsp3) is 0.417. The third-order valence-electron chi connectivity index (χ3n) is 3.08. The first-order chi connectivity index (χ1) is 9.34. The summed E-state index contributed by atoms with van der Waals surface area (Å²) in [5.74, 6) is -3.61. The van der Waals surface area contributed by atoms with Crippen molar-refractivity contribution < 1.29 is 26.7 Å². The van der Waals surface area contributed by atoms with Crippen molar-refractivity contribution in [2.75, 3.05) is 23.9 Å². The summed E-state index contributed by atoms with van der Waals surface area (Å²) in [6.45, 7) is 0. The van der Waals surface area contributed by atoms with E-state index in [-0.39, 0.29) is 17.2 Å². The van der Waals surface area contributed by atoms with Crippen molar-refractivity contribution in [1.29, 1.82) is 0 Å². The number of hydrogen-bond acceptors (Lipinski definition) is 5. The van der Waals surface area contributed by atoms with Crippen molar-refractivity contribution in [1.82, 2.24) is 0 Å². The molecule has 8 heteroatoms. The number of carbonyl (C=O) groups excluding carboxylic acids is 1. The van der Waals surface area contributed by atoms with Gasteiger partial charge < -0.3 is 10.1 Å². The molecule has 1 aromatic rings. The number of benzene rings is 1. The Hall–Kier alpha value is -1.70. The van der Waals surface area contributed by atoms with Gasteiger partial charge in [-0.05, 0) is 18.6 Å². The van der Waals surface area contributed by atoms with Gasteiger partial charge in [0, 0.05) is 6.04 Å². The molecule has 0 aliphatic carbocycles. The van der Waals surface area contributed by atoms with Crippen molar-refractivity contribution in [2.45, 2.75) is 12.5 Å². The summed E-state index contributed by atoms with van der Waals surface area (Å²) in [6.07, 6.45) is 0.335. The summed E-state index contributed by atoms with van der Waals surface area (Å²) in [5.41, 5.74) is -0.674. The van der Waals surface area contributed by atoms with Crippen LogP contribution >= 0.6 is 0 Å². The SMILES string of the molecule is COC(=O)c1ccc(NC2CCS(=O)(=O)C2)c(F)c1F. The Morgan fingerprint density at radius 2 is 2.05 bits per heavy atom. The number of sulfone groups is 1. The quantitative estimate of drug-likeness (QED) is 0.854. The second-order valence-corrected chi connectivity index (χ2v) is 6.75. The zero-order valence-electron chi connectivity index (χ0n) is 10.7. The van der Waals surface area contributed by atoms with E-state index in [1.54, 1.807) is 0 Å². The molecule has 1 fully saturated rings. The van der Waals surface area contributed by atoms with E-state index in [0.717, 1.165) is 13.2 Å². The molecule has 0 radical (unpaired) electrons. The maximum absolute atomic E-state index is 13.8. The minimum Gasteiger partial charge on any atom is -0.465 e. The highest BCUT2D eigenvalue weighted by molar-refractivity contribution is 7.91. The van der Waals surface area contributed by atoms with Crippen LogP contribution in [0, 0.1) is 11.6 Å². The molecule has 0 spiro atoms. The van der Waals surface area contributed by atoms with Crippen LogP contribution in [-0.4, -0.2) is 39.0 Å². The van der Waals surface area contributed by atoms with Crippen LogP contribution in [0.5, 0.6) is 0 Å². The van der Waals surface area contributed by atoms with Gasteiger partial charge in [0.05, 0.1) is 29.9 Å². The lowest BCUT2D eigenvalue weighted by Crippen LogP contribution is -2.22. The summed E-state index contributed by atoms with van der Waals surface area (Å²) in [6, 6.07) is 1.82. The number of hydrogen-bond donors (Lipinski definition) is 1. The minimum absolute atomic E-state index is 0.0228. The topological polar surface area (TPSA) is 72.5 Å². The van der Waals surface area contributed by atoms with Crippen molar-refractivity contribution >= 4 is 21.5 Å². The zero-order chi connectivity index (χ0) is 14.9. The molecular weight excluding hydrogens is 292 g/mol. The Labute approximate surface area is 114 Å². The van der Waals surface area contributed by atoms with Crippen LogP contribution in [0.4, 0.5) is 14.5 Å². The van der Waals surface area contributed by atoms with Crippen LogP contribution in [0.1, 0.15) is 16.8 Å². The fourth-order valence-electron chi connectivity index (χ4n) is 2.06. The number of rotatable bonds is 3. The first kappa shape index (κ1) is 14.7. The second kappa shape index (κ2) is 5.35. The van der Waals surface area contributed by atoms with Crippen LogP contribution in [0.25, 0.3) is 0 Å². The van der Waals surface area contributed by atoms with Crippen LogP contribution in [-0.2, 0) is 14.6 Å². The molecule has 1 unspecified atom stereocenters. The Kier molecular flexibility index (Phi) is 3.94. The summed E-state index contributed by atoms with van der Waals surface area (Å²) in [4.78, 5) is 11.2. The third-order valence-corrected chi connectivity index (χ3v) is 4.85. The molecule has 0 aromatic heterocycles. The number of esters is 1. The molecule has 0 saturated carbocycles. The largest absolute Gasteiger partial charge is 0.465 e. The van der Waals surface area contributed by atoms with Crippen LogP contribution < -0.4 is 5.32 Å². The Bertz CT molecular complexity index is 645. The molecule has 0 bridgehead atoms. The maximum Gasteiger partial charge on any atom is 0.340 e. The maximum atomic E-state index is 13.8. The van der Waals surface area contributed by atoms with Crippen LogP contribution in [0.2, 0.25) is 0 Å². The van der Waals surface area contributed by atoms with Gasteiger partial charge >= 0.3 is 5.97 Å². The van der Waals surface area contributed by atoms with Crippen LogP contribution in [0.3, 0.4) is 0 Å². The summed E-state index contributed by atoms with van der Waals surface area (Å²) < 4.78 is 54.4. The van der Waals surface area contributed by atoms with Gasteiger partial charge in [0.25, 0.3) is 0 Å². The predicted octanol–water partition coefficient (Wildman–Crippen LogP) is 1.35. The third kappa shape index (κ3) is 2.90. The molecule has 1 aromatic carbocycles. The van der Waals surface area contributed by atoms with E-state index in [1.807, 2.05) is 0 Å². The summed E-state index contributed by atoms with van der Waals surface area (Å²) in [7, 11) is -2.05. The van der Waals surface area contributed by atoms with E-state index in [9.17, 15) is 22.0 Å². The second-order valence-electron chi connectivity index (χ2n) is 4.52. The number of carbonyl (C=O) groups is 1. The molecule has 1 aliphatic rings. The molecule has 1 atom stereocenters. The monoisotopic (exact) mass is 305 g/mol. The number of halogens is 2. The summed E-state index contributed by atoms with van der Waals surface area (Å²) >= 11 is 0. The number of ether oxygens (including phenoxy) is 1. The summed E-state index contributed by atoms with van der Waals surface area (Å²) in [5, 5.41) is 2.64. The van der Waals surface area contributed by atoms with Gasteiger partial charge in [-0.15, -0.1) is 0 Å². The normalized spacial score (nSPS) is 20.6. The molecule has 2 rings (SSSR count). The van der Waals surface area contributed by atoms with E-state index in [1.165, 1.54) is 6.07 Å². The van der Waals surface area contributed by atoms with Crippen molar-refractivity contribution in [2.24, 2.45) is 0 Å². The predicted molar refractivity (Wildman–Crippen MR) is 68.4 cm³/mol. The number of nitrogens with one attached hydrogen (secondary N) is 1. The van der Waals surface area contributed by atoms with Gasteiger partial charge in [-0.2, -0.15) is 0 Å². The van der Waals surface area contributed by atoms with E-state index < -0.39 is 39.0 Å². The van der Waals surface area contributed by atoms with E-state index >= 15 is 0 Å². The average molecular weight is 305 g/mol. The molecule has 1 N–H and O–H groups in total. The van der Waals surface area contributed by atoms with Gasteiger partial charge in [0.2, 0.25) is 0 Å². The van der Waals surface area contributed by atoms with Crippen molar-refractivity contribution in [3.8, 4) is 0 Å². The number of anilines is 1. The lowest BCUT2D eigenvalue weighted by molar-refractivity contribution is 0.0594. The van der Waals surface area contributed by atoms with Gasteiger partial charge in [-0.25, -0.2) is 22.0 Å². The molecule has 5 nitrogen and oxygen atoms in total. The first-order valence-electron chi connectivity index (χ1n) is 5.87. The Morgan fingerprint density at radius 3 is 2.60 bits per heavy atom. The van der Waals surface area contributed by atoms with Gasteiger partial charge in [0.1, 0.15) is 0 Å². The Balaban J connectivity index is 2.22. The molecule has 110 valence electrons. The Morgan fingerprint density at radius 1 is 1.35 bits per heavy atom. The lowest BCUT2D eigenvalue weighted by Gasteiger charge is -2.14. The van der Waals surface area contributed by atoms with Gasteiger partial charge in [-0.1, -0.05) is 0 Å². The highest BCUT2D eigenvalue weighted by Crippen LogP contribution is 2.24. The minimum atomic E-state index is -3.12.